The predicted molar refractivity (Wildman–Crippen MR) is 126 cm³/mol. The van der Waals surface area contributed by atoms with E-state index in [4.69, 9.17) is 4.74 Å². The fourth-order valence-electron chi connectivity index (χ4n) is 4.02. The maximum atomic E-state index is 12.9. The zero-order valence-corrected chi connectivity index (χ0v) is 18.0. The van der Waals surface area contributed by atoms with Crippen molar-refractivity contribution in [3.8, 4) is 11.5 Å². The summed E-state index contributed by atoms with van der Waals surface area (Å²) in [4.78, 5) is 31.8. The van der Waals surface area contributed by atoms with Crippen LogP contribution in [-0.2, 0) is 22.6 Å². The molecule has 0 radical (unpaired) electrons. The number of carbonyl (C=O) groups is 2. The summed E-state index contributed by atoms with van der Waals surface area (Å²) in [5.74, 6) is 1.36. The van der Waals surface area contributed by atoms with Crippen molar-refractivity contribution < 1.29 is 14.3 Å². The second kappa shape index (κ2) is 9.16. The van der Waals surface area contributed by atoms with E-state index in [0.29, 0.717) is 23.9 Å². The van der Waals surface area contributed by atoms with Crippen LogP contribution in [0.4, 0.5) is 5.69 Å². The largest absolute Gasteiger partial charge is 0.457 e. The van der Waals surface area contributed by atoms with Gasteiger partial charge in [0.2, 0.25) is 17.8 Å². The normalized spacial score (nSPS) is 17.5. The van der Waals surface area contributed by atoms with Crippen LogP contribution in [0.1, 0.15) is 17.5 Å². The third-order valence-corrected chi connectivity index (χ3v) is 5.74. The van der Waals surface area contributed by atoms with E-state index < -0.39 is 6.04 Å². The van der Waals surface area contributed by atoms with Crippen LogP contribution in [-0.4, -0.2) is 35.3 Å². The number of benzene rings is 3. The van der Waals surface area contributed by atoms with E-state index >= 15 is 0 Å². The highest BCUT2D eigenvalue weighted by molar-refractivity contribution is 6.06. The third kappa shape index (κ3) is 4.87. The van der Waals surface area contributed by atoms with Crippen molar-refractivity contribution >= 4 is 23.5 Å². The Morgan fingerprint density at radius 1 is 0.939 bits per heavy atom. The van der Waals surface area contributed by atoms with Gasteiger partial charge < -0.3 is 15.0 Å². The molecule has 0 bridgehead atoms. The first-order valence-electron chi connectivity index (χ1n) is 11.0. The average molecular weight is 441 g/mol. The Morgan fingerprint density at radius 3 is 2.42 bits per heavy atom. The molecule has 0 aliphatic carbocycles. The molecule has 0 saturated carbocycles. The zero-order valence-electron chi connectivity index (χ0n) is 18.0. The van der Waals surface area contributed by atoms with Crippen LogP contribution < -0.4 is 15.4 Å². The van der Waals surface area contributed by atoms with E-state index in [1.807, 2.05) is 47.4 Å². The molecule has 7 nitrogen and oxygen atoms in total. The lowest BCUT2D eigenvalue weighted by Gasteiger charge is -2.33. The summed E-state index contributed by atoms with van der Waals surface area (Å²) >= 11 is 0. The van der Waals surface area contributed by atoms with Crippen molar-refractivity contribution in [1.82, 2.24) is 10.2 Å². The fourth-order valence-corrected chi connectivity index (χ4v) is 4.02. The minimum atomic E-state index is -0.772. The lowest BCUT2D eigenvalue weighted by molar-refractivity contribution is -0.125. The quantitative estimate of drug-likeness (QED) is 0.648. The van der Waals surface area contributed by atoms with Gasteiger partial charge in [0.1, 0.15) is 17.5 Å². The van der Waals surface area contributed by atoms with Gasteiger partial charge in [-0.15, -0.1) is 0 Å². The van der Waals surface area contributed by atoms with Gasteiger partial charge in [-0.05, 0) is 53.9 Å². The number of hydrogen-bond donors (Lipinski definition) is 2. The van der Waals surface area contributed by atoms with Crippen LogP contribution in [0.3, 0.4) is 0 Å². The number of carbonyl (C=O) groups excluding carboxylic acids is 2. The summed E-state index contributed by atoms with van der Waals surface area (Å²) in [7, 11) is 0. The topological polar surface area (TPSA) is 83.0 Å². The highest BCUT2D eigenvalue weighted by atomic mass is 16.5. The average Bonchev–Trinajstić information content (AvgIpc) is 2.85. The van der Waals surface area contributed by atoms with Gasteiger partial charge in [-0.25, -0.2) is 4.99 Å². The van der Waals surface area contributed by atoms with Crippen molar-refractivity contribution in [3.05, 3.63) is 90.0 Å². The van der Waals surface area contributed by atoms with Crippen molar-refractivity contribution in [2.75, 3.05) is 11.9 Å². The minimum Gasteiger partial charge on any atom is -0.457 e. The van der Waals surface area contributed by atoms with Gasteiger partial charge in [0.05, 0.1) is 6.42 Å². The van der Waals surface area contributed by atoms with Gasteiger partial charge in [0.25, 0.3) is 0 Å². The molecule has 3 aromatic carbocycles. The monoisotopic (exact) mass is 440 g/mol. The molecule has 0 aromatic heterocycles. The molecule has 0 fully saturated rings. The molecule has 7 heteroatoms. The Morgan fingerprint density at radius 2 is 1.64 bits per heavy atom. The third-order valence-electron chi connectivity index (χ3n) is 5.74. The lowest BCUT2D eigenvalue weighted by Crippen LogP contribution is -2.51. The SMILES string of the molecule is O=C1C[C@@H](C(=O)Nc2ccc(Oc3ccccc3)cc2)N=C(N2CCc3ccccc3C2)N1. The van der Waals surface area contributed by atoms with Gasteiger partial charge in [-0.2, -0.15) is 0 Å². The molecule has 0 unspecified atom stereocenters. The minimum absolute atomic E-state index is 0.0228. The second-order valence-corrected chi connectivity index (χ2v) is 8.09. The van der Waals surface area contributed by atoms with E-state index in [2.05, 4.69) is 27.8 Å². The smallest absolute Gasteiger partial charge is 0.249 e. The molecule has 2 aliphatic rings. The van der Waals surface area contributed by atoms with Gasteiger partial charge >= 0.3 is 0 Å². The summed E-state index contributed by atoms with van der Waals surface area (Å²) in [5, 5.41) is 5.70. The first-order valence-corrected chi connectivity index (χ1v) is 11.0. The maximum absolute atomic E-state index is 12.9. The van der Waals surface area contributed by atoms with E-state index in [0.717, 1.165) is 18.7 Å². The fraction of sp³-hybridized carbons (Fsp3) is 0.192. The van der Waals surface area contributed by atoms with Crippen LogP contribution in [0, 0.1) is 0 Å². The summed E-state index contributed by atoms with van der Waals surface area (Å²) in [6.45, 7) is 1.40. The molecule has 0 saturated heterocycles. The van der Waals surface area contributed by atoms with E-state index in [1.165, 1.54) is 11.1 Å². The van der Waals surface area contributed by atoms with Crippen molar-refractivity contribution in [3.63, 3.8) is 0 Å². The molecule has 2 amide bonds. The van der Waals surface area contributed by atoms with Crippen LogP contribution in [0.2, 0.25) is 0 Å². The molecular formula is C26H24N4O3. The highest BCUT2D eigenvalue weighted by Gasteiger charge is 2.30. The molecular weight excluding hydrogens is 416 g/mol. The first-order chi connectivity index (χ1) is 16.1. The number of anilines is 1. The number of rotatable bonds is 4. The summed E-state index contributed by atoms with van der Waals surface area (Å²) in [5.41, 5.74) is 3.14. The Labute approximate surface area is 192 Å². The van der Waals surface area contributed by atoms with E-state index in [9.17, 15) is 9.59 Å². The maximum Gasteiger partial charge on any atom is 0.249 e. The van der Waals surface area contributed by atoms with Gasteiger partial charge in [0, 0.05) is 18.8 Å². The molecule has 2 aliphatic heterocycles. The van der Waals surface area contributed by atoms with Gasteiger partial charge in [-0.3, -0.25) is 14.9 Å². The van der Waals surface area contributed by atoms with Crippen molar-refractivity contribution in [1.29, 1.82) is 0 Å². The van der Waals surface area contributed by atoms with Crippen LogP contribution in [0.15, 0.2) is 83.9 Å². The number of ether oxygens (including phenoxy) is 1. The second-order valence-electron chi connectivity index (χ2n) is 8.09. The highest BCUT2D eigenvalue weighted by Crippen LogP contribution is 2.23. The Balaban J connectivity index is 1.25. The first kappa shape index (κ1) is 20.8. The van der Waals surface area contributed by atoms with Gasteiger partial charge in [0.15, 0.2) is 0 Å². The number of fused-ring (bicyclic) bond motifs is 1. The number of nitrogens with one attached hydrogen (secondary N) is 2. The van der Waals surface area contributed by atoms with Crippen LogP contribution in [0.5, 0.6) is 11.5 Å². The Kier molecular flexibility index (Phi) is 5.76. The molecule has 1 atom stereocenters. The molecule has 0 spiro atoms. The predicted octanol–water partition coefficient (Wildman–Crippen LogP) is 3.72. The molecule has 2 heterocycles. The summed E-state index contributed by atoms with van der Waals surface area (Å²) in [6, 6.07) is 24.1. The number of aliphatic imine (C=N–C) groups is 1. The number of guanidine groups is 1. The molecule has 2 N–H and O–H groups in total. The zero-order chi connectivity index (χ0) is 22.6. The van der Waals surface area contributed by atoms with E-state index in [-0.39, 0.29) is 18.2 Å². The molecule has 5 rings (SSSR count). The molecule has 33 heavy (non-hydrogen) atoms. The Bertz CT molecular complexity index is 1190. The van der Waals surface area contributed by atoms with Gasteiger partial charge in [-0.1, -0.05) is 42.5 Å². The standard InChI is InChI=1S/C26H24N4O3/c31-24-16-23(28-26(29-24)30-15-14-18-6-4-5-7-19(18)17-30)25(32)27-20-10-12-22(13-11-20)33-21-8-2-1-3-9-21/h1-13,23H,14-17H2,(H,27,32)(H,28,29,31)/t23-/m0/s1. The molecule has 166 valence electrons. The van der Waals surface area contributed by atoms with Crippen LogP contribution >= 0.6 is 0 Å². The number of nitrogens with zero attached hydrogens (tertiary/aromatic N) is 2. The Hall–Kier alpha value is -4.13. The van der Waals surface area contributed by atoms with Crippen LogP contribution in [0.25, 0.3) is 0 Å². The van der Waals surface area contributed by atoms with E-state index in [1.54, 1.807) is 24.3 Å². The lowest BCUT2D eigenvalue weighted by atomic mass is 10.00. The number of para-hydroxylation sites is 1. The summed E-state index contributed by atoms with van der Waals surface area (Å²) < 4.78 is 5.78. The number of hydrogen-bond acceptors (Lipinski definition) is 5. The molecule has 3 aromatic rings. The summed E-state index contributed by atoms with van der Waals surface area (Å²) in [6.07, 6.45) is 0.897. The number of amides is 2. The van der Waals surface area contributed by atoms with Crippen molar-refractivity contribution in [2.24, 2.45) is 4.99 Å². The van der Waals surface area contributed by atoms with Crippen molar-refractivity contribution in [2.45, 2.75) is 25.4 Å².